The number of aryl methyl sites for hydroxylation is 1. The van der Waals surface area contributed by atoms with Crippen molar-refractivity contribution in [3.63, 3.8) is 0 Å². The Hall–Kier alpha value is -2.21. The molecule has 2 rings (SSSR count). The number of aromatic nitrogens is 2. The minimum absolute atomic E-state index is 0.226. The van der Waals surface area contributed by atoms with Gasteiger partial charge in [-0.15, -0.1) is 0 Å². The Morgan fingerprint density at radius 1 is 1.22 bits per heavy atom. The maximum absolute atomic E-state index is 9.05. The largest absolute Gasteiger partial charge is 0.240 e. The van der Waals surface area contributed by atoms with Crippen LogP contribution in [0.1, 0.15) is 30.7 Å². The van der Waals surface area contributed by atoms with E-state index in [2.05, 4.69) is 35.1 Å². The minimum atomic E-state index is -0.226. The first kappa shape index (κ1) is 12.3. The van der Waals surface area contributed by atoms with Crippen LogP contribution in [0.4, 0.5) is 0 Å². The third-order valence-corrected chi connectivity index (χ3v) is 2.90. The lowest BCUT2D eigenvalue weighted by Gasteiger charge is -2.07. The van der Waals surface area contributed by atoms with Crippen molar-refractivity contribution >= 4 is 0 Å². The summed E-state index contributed by atoms with van der Waals surface area (Å²) in [7, 11) is 0. The van der Waals surface area contributed by atoms with Crippen LogP contribution in [0, 0.1) is 18.3 Å². The van der Waals surface area contributed by atoms with Crippen LogP contribution in [0.25, 0.3) is 11.3 Å². The van der Waals surface area contributed by atoms with E-state index < -0.39 is 0 Å². The SMILES string of the molecule is CCC(C#N)c1nccc(-c2ccc(C)cc2)n1. The zero-order valence-corrected chi connectivity index (χ0v) is 10.6. The topological polar surface area (TPSA) is 49.6 Å². The van der Waals surface area contributed by atoms with Crippen LogP contribution in [0.15, 0.2) is 36.5 Å². The van der Waals surface area contributed by atoms with Gasteiger partial charge in [-0.2, -0.15) is 5.26 Å². The second-order valence-electron chi connectivity index (χ2n) is 4.26. The molecule has 0 aliphatic rings. The fourth-order valence-corrected chi connectivity index (χ4v) is 1.76. The molecule has 0 saturated carbocycles. The summed E-state index contributed by atoms with van der Waals surface area (Å²) in [6.45, 7) is 4.02. The molecular weight excluding hydrogens is 222 g/mol. The van der Waals surface area contributed by atoms with E-state index in [4.69, 9.17) is 5.26 Å². The van der Waals surface area contributed by atoms with Gasteiger partial charge in [0, 0.05) is 11.8 Å². The van der Waals surface area contributed by atoms with Gasteiger partial charge in [-0.3, -0.25) is 0 Å². The van der Waals surface area contributed by atoms with Crippen LogP contribution < -0.4 is 0 Å². The molecule has 1 aromatic carbocycles. The predicted octanol–water partition coefficient (Wildman–Crippen LogP) is 3.47. The molecule has 1 atom stereocenters. The number of benzene rings is 1. The summed E-state index contributed by atoms with van der Waals surface area (Å²) < 4.78 is 0. The average molecular weight is 237 g/mol. The minimum Gasteiger partial charge on any atom is -0.240 e. The van der Waals surface area contributed by atoms with Gasteiger partial charge in [-0.05, 0) is 19.4 Å². The monoisotopic (exact) mass is 237 g/mol. The van der Waals surface area contributed by atoms with E-state index in [1.165, 1.54) is 5.56 Å². The second kappa shape index (κ2) is 5.42. The fourth-order valence-electron chi connectivity index (χ4n) is 1.76. The molecule has 3 nitrogen and oxygen atoms in total. The molecule has 0 aliphatic carbocycles. The first-order chi connectivity index (χ1) is 8.74. The average Bonchev–Trinajstić information content (AvgIpc) is 2.41. The van der Waals surface area contributed by atoms with Crippen molar-refractivity contribution in [2.75, 3.05) is 0 Å². The van der Waals surface area contributed by atoms with Gasteiger partial charge in [0.05, 0.1) is 11.8 Å². The summed E-state index contributed by atoms with van der Waals surface area (Å²) >= 11 is 0. The molecule has 0 amide bonds. The van der Waals surface area contributed by atoms with Gasteiger partial charge in [0.15, 0.2) is 0 Å². The summed E-state index contributed by atoms with van der Waals surface area (Å²) in [6, 6.07) is 12.3. The Morgan fingerprint density at radius 3 is 2.56 bits per heavy atom. The van der Waals surface area contributed by atoms with Gasteiger partial charge >= 0.3 is 0 Å². The highest BCUT2D eigenvalue weighted by Gasteiger charge is 2.12. The molecule has 3 heteroatoms. The van der Waals surface area contributed by atoms with Crippen molar-refractivity contribution in [2.45, 2.75) is 26.2 Å². The van der Waals surface area contributed by atoms with Gasteiger partial charge in [-0.1, -0.05) is 36.8 Å². The first-order valence-corrected chi connectivity index (χ1v) is 6.04. The zero-order valence-electron chi connectivity index (χ0n) is 10.6. The van der Waals surface area contributed by atoms with E-state index in [1.807, 2.05) is 25.1 Å². The number of nitriles is 1. The summed E-state index contributed by atoms with van der Waals surface area (Å²) in [5.41, 5.74) is 3.14. The van der Waals surface area contributed by atoms with Gasteiger partial charge in [-0.25, -0.2) is 9.97 Å². The van der Waals surface area contributed by atoms with Crippen molar-refractivity contribution < 1.29 is 0 Å². The van der Waals surface area contributed by atoms with Crippen molar-refractivity contribution in [1.29, 1.82) is 5.26 Å². The molecule has 0 bridgehead atoms. The number of rotatable bonds is 3. The molecule has 0 radical (unpaired) electrons. The van der Waals surface area contributed by atoms with E-state index in [1.54, 1.807) is 6.20 Å². The standard InChI is InChI=1S/C15H15N3/c1-3-12(10-16)15-17-9-8-14(18-15)13-6-4-11(2)5-7-13/h4-9,12H,3H2,1-2H3. The van der Waals surface area contributed by atoms with Crippen LogP contribution >= 0.6 is 0 Å². The lowest BCUT2D eigenvalue weighted by Crippen LogP contribution is -2.01. The Kier molecular flexibility index (Phi) is 3.69. The van der Waals surface area contributed by atoms with E-state index >= 15 is 0 Å². The fraction of sp³-hybridized carbons (Fsp3) is 0.267. The van der Waals surface area contributed by atoms with E-state index in [0.717, 1.165) is 17.7 Å². The highest BCUT2D eigenvalue weighted by Crippen LogP contribution is 2.20. The Morgan fingerprint density at radius 2 is 1.94 bits per heavy atom. The first-order valence-electron chi connectivity index (χ1n) is 6.04. The molecule has 0 fully saturated rings. The molecule has 0 spiro atoms. The van der Waals surface area contributed by atoms with Crippen molar-refractivity contribution in [1.82, 2.24) is 9.97 Å². The van der Waals surface area contributed by atoms with Crippen LogP contribution in [0.2, 0.25) is 0 Å². The molecule has 1 heterocycles. The Balaban J connectivity index is 2.38. The molecule has 0 aliphatic heterocycles. The van der Waals surface area contributed by atoms with Gasteiger partial charge in [0.2, 0.25) is 0 Å². The Labute approximate surface area is 107 Å². The number of hydrogen-bond donors (Lipinski definition) is 0. The van der Waals surface area contributed by atoms with Gasteiger partial charge in [0.25, 0.3) is 0 Å². The molecule has 2 aromatic rings. The molecular formula is C15H15N3. The second-order valence-corrected chi connectivity index (χ2v) is 4.26. The number of nitrogens with zero attached hydrogens (tertiary/aromatic N) is 3. The molecule has 1 aromatic heterocycles. The molecule has 1 unspecified atom stereocenters. The predicted molar refractivity (Wildman–Crippen MR) is 70.9 cm³/mol. The molecule has 18 heavy (non-hydrogen) atoms. The lowest BCUT2D eigenvalue weighted by atomic mass is 10.1. The molecule has 0 N–H and O–H groups in total. The van der Waals surface area contributed by atoms with E-state index in [0.29, 0.717) is 5.82 Å². The van der Waals surface area contributed by atoms with Gasteiger partial charge < -0.3 is 0 Å². The molecule has 90 valence electrons. The summed E-state index contributed by atoms with van der Waals surface area (Å²) in [5, 5.41) is 9.05. The lowest BCUT2D eigenvalue weighted by molar-refractivity contribution is 0.752. The maximum Gasteiger partial charge on any atom is 0.146 e. The smallest absolute Gasteiger partial charge is 0.146 e. The highest BCUT2D eigenvalue weighted by molar-refractivity contribution is 5.59. The van der Waals surface area contributed by atoms with Crippen molar-refractivity contribution in [3.05, 3.63) is 47.9 Å². The highest BCUT2D eigenvalue weighted by atomic mass is 14.9. The third kappa shape index (κ3) is 2.54. The van der Waals surface area contributed by atoms with Crippen LogP contribution in [0.5, 0.6) is 0 Å². The quantitative estimate of drug-likeness (QED) is 0.821. The zero-order chi connectivity index (χ0) is 13.0. The number of hydrogen-bond acceptors (Lipinski definition) is 3. The molecule has 0 saturated heterocycles. The summed E-state index contributed by atoms with van der Waals surface area (Å²) in [6.07, 6.45) is 2.45. The maximum atomic E-state index is 9.05. The van der Waals surface area contributed by atoms with E-state index in [9.17, 15) is 0 Å². The van der Waals surface area contributed by atoms with E-state index in [-0.39, 0.29) is 5.92 Å². The van der Waals surface area contributed by atoms with Crippen LogP contribution in [0.3, 0.4) is 0 Å². The normalized spacial score (nSPS) is 11.8. The van der Waals surface area contributed by atoms with Crippen molar-refractivity contribution in [3.8, 4) is 17.3 Å². The summed E-state index contributed by atoms with van der Waals surface area (Å²) in [4.78, 5) is 8.67. The van der Waals surface area contributed by atoms with Crippen molar-refractivity contribution in [2.24, 2.45) is 0 Å². The summed E-state index contributed by atoms with van der Waals surface area (Å²) in [5.74, 6) is 0.383. The van der Waals surface area contributed by atoms with Crippen LogP contribution in [-0.4, -0.2) is 9.97 Å². The Bertz CT molecular complexity index is 567. The third-order valence-electron chi connectivity index (χ3n) is 2.90. The van der Waals surface area contributed by atoms with Crippen LogP contribution in [-0.2, 0) is 0 Å². The van der Waals surface area contributed by atoms with Gasteiger partial charge in [0.1, 0.15) is 11.7 Å².